The van der Waals surface area contributed by atoms with Crippen LogP contribution in [0.25, 0.3) is 0 Å². The van der Waals surface area contributed by atoms with Gasteiger partial charge in [0, 0.05) is 12.8 Å². The fourth-order valence-electron chi connectivity index (χ4n) is 1.95. The first kappa shape index (κ1) is 16.1. The molecule has 0 aromatic heterocycles. The van der Waals surface area contributed by atoms with Crippen LogP contribution < -0.4 is 5.32 Å². The van der Waals surface area contributed by atoms with E-state index in [4.69, 9.17) is 5.11 Å². The molecular weight excluding hydrogens is 261 g/mol. The van der Waals surface area contributed by atoms with Crippen LogP contribution in [0.15, 0.2) is 24.3 Å². The highest BCUT2D eigenvalue weighted by Gasteiger charge is 2.18. The number of carboxylic acids is 1. The van der Waals surface area contributed by atoms with Gasteiger partial charge in [-0.05, 0) is 30.0 Å². The smallest absolute Gasteiger partial charge is 0.303 e. The molecule has 0 saturated carbocycles. The average molecular weight is 281 g/mol. The van der Waals surface area contributed by atoms with Gasteiger partial charge in [-0.15, -0.1) is 0 Å². The Morgan fingerprint density at radius 2 is 1.80 bits per heavy atom. The number of rotatable bonds is 7. The molecule has 0 fully saturated rings. The number of aliphatic carboxylic acids is 1. The number of hydrogen-bond acceptors (Lipinski definition) is 2. The number of amides is 1. The predicted molar refractivity (Wildman–Crippen MR) is 73.6 cm³/mol. The maximum absolute atomic E-state index is 12.9. The molecule has 1 aromatic carbocycles. The van der Waals surface area contributed by atoms with Crippen LogP contribution in [-0.4, -0.2) is 17.0 Å². The van der Waals surface area contributed by atoms with Gasteiger partial charge in [-0.1, -0.05) is 26.0 Å². The third-order valence-corrected chi connectivity index (χ3v) is 3.01. The van der Waals surface area contributed by atoms with E-state index in [1.807, 2.05) is 13.8 Å². The van der Waals surface area contributed by atoms with E-state index in [2.05, 4.69) is 5.32 Å². The summed E-state index contributed by atoms with van der Waals surface area (Å²) in [4.78, 5) is 22.2. The number of carboxylic acid groups (broad SMARTS) is 1. The fraction of sp³-hybridized carbons (Fsp3) is 0.467. The van der Waals surface area contributed by atoms with Crippen molar-refractivity contribution >= 4 is 11.9 Å². The van der Waals surface area contributed by atoms with E-state index in [-0.39, 0.29) is 36.5 Å². The molecule has 0 aliphatic rings. The molecule has 5 heteroatoms. The number of hydrogen-bond donors (Lipinski definition) is 2. The Balaban J connectivity index is 2.61. The summed E-state index contributed by atoms with van der Waals surface area (Å²) < 4.78 is 12.9. The number of carbonyl (C=O) groups excluding carboxylic acids is 1. The zero-order chi connectivity index (χ0) is 15.1. The summed E-state index contributed by atoms with van der Waals surface area (Å²) in [6.07, 6.45) is 0.475. The van der Waals surface area contributed by atoms with Gasteiger partial charge in [0.15, 0.2) is 0 Å². The van der Waals surface area contributed by atoms with Crippen molar-refractivity contribution in [1.82, 2.24) is 5.32 Å². The molecule has 2 N–H and O–H groups in total. The Morgan fingerprint density at radius 3 is 2.30 bits per heavy atom. The summed E-state index contributed by atoms with van der Waals surface area (Å²) in [5.41, 5.74) is 0.841. The molecule has 20 heavy (non-hydrogen) atoms. The molecule has 1 amide bonds. The molecular formula is C15H20FNO3. The Kier molecular flexibility index (Phi) is 6.15. The van der Waals surface area contributed by atoms with Gasteiger partial charge < -0.3 is 10.4 Å². The Labute approximate surface area is 118 Å². The lowest BCUT2D eigenvalue weighted by molar-refractivity contribution is -0.137. The van der Waals surface area contributed by atoms with Crippen molar-refractivity contribution in [2.75, 3.05) is 0 Å². The van der Waals surface area contributed by atoms with Crippen molar-refractivity contribution in [2.45, 2.75) is 39.2 Å². The largest absolute Gasteiger partial charge is 0.481 e. The number of carbonyl (C=O) groups is 2. The quantitative estimate of drug-likeness (QED) is 0.807. The van der Waals surface area contributed by atoms with Gasteiger partial charge >= 0.3 is 5.97 Å². The van der Waals surface area contributed by atoms with Crippen LogP contribution in [0.4, 0.5) is 4.39 Å². The number of nitrogens with one attached hydrogen (secondary N) is 1. The Hall–Kier alpha value is -1.91. The zero-order valence-corrected chi connectivity index (χ0v) is 11.7. The standard InChI is InChI=1S/C15H20FNO3/c1-10(2)15(11-6-8-12(16)9-7-11)17-13(18)4-3-5-14(19)20/h6-10,15H,3-5H2,1-2H3,(H,17,18)(H,19,20). The van der Waals surface area contributed by atoms with Crippen LogP contribution in [-0.2, 0) is 9.59 Å². The average Bonchev–Trinajstić information content (AvgIpc) is 2.36. The highest BCUT2D eigenvalue weighted by molar-refractivity contribution is 5.77. The summed E-state index contributed by atoms with van der Waals surface area (Å²) in [7, 11) is 0. The van der Waals surface area contributed by atoms with Crippen molar-refractivity contribution in [1.29, 1.82) is 0 Å². The Morgan fingerprint density at radius 1 is 1.20 bits per heavy atom. The first-order chi connectivity index (χ1) is 9.40. The molecule has 0 heterocycles. The predicted octanol–water partition coefficient (Wildman–Crippen LogP) is 2.89. The van der Waals surface area contributed by atoms with Gasteiger partial charge in [0.25, 0.3) is 0 Å². The van der Waals surface area contributed by atoms with Gasteiger partial charge in [0.1, 0.15) is 5.82 Å². The topological polar surface area (TPSA) is 66.4 Å². The number of halogens is 1. The second-order valence-corrected chi connectivity index (χ2v) is 5.09. The van der Waals surface area contributed by atoms with Crippen LogP contribution in [0, 0.1) is 11.7 Å². The SMILES string of the molecule is CC(C)C(NC(=O)CCCC(=O)O)c1ccc(F)cc1. The van der Waals surface area contributed by atoms with E-state index in [0.29, 0.717) is 6.42 Å². The molecule has 0 bridgehead atoms. The van der Waals surface area contributed by atoms with Crippen molar-refractivity contribution in [3.63, 3.8) is 0 Å². The molecule has 110 valence electrons. The zero-order valence-electron chi connectivity index (χ0n) is 11.7. The summed E-state index contributed by atoms with van der Waals surface area (Å²) in [6, 6.07) is 5.82. The summed E-state index contributed by atoms with van der Waals surface area (Å²) >= 11 is 0. The van der Waals surface area contributed by atoms with E-state index >= 15 is 0 Å². The fourth-order valence-corrected chi connectivity index (χ4v) is 1.95. The molecule has 0 aliphatic carbocycles. The van der Waals surface area contributed by atoms with Gasteiger partial charge in [0.05, 0.1) is 6.04 Å². The molecule has 0 aliphatic heterocycles. The minimum atomic E-state index is -0.906. The molecule has 0 spiro atoms. The lowest BCUT2D eigenvalue weighted by Crippen LogP contribution is -2.31. The maximum atomic E-state index is 12.9. The van der Waals surface area contributed by atoms with Crippen LogP contribution >= 0.6 is 0 Å². The van der Waals surface area contributed by atoms with E-state index in [1.54, 1.807) is 12.1 Å². The Bertz CT molecular complexity index is 457. The van der Waals surface area contributed by atoms with Crippen LogP contribution in [0.1, 0.15) is 44.7 Å². The van der Waals surface area contributed by atoms with Gasteiger partial charge in [-0.2, -0.15) is 0 Å². The second-order valence-electron chi connectivity index (χ2n) is 5.09. The first-order valence-electron chi connectivity index (χ1n) is 6.66. The van der Waals surface area contributed by atoms with Crippen LogP contribution in [0.2, 0.25) is 0 Å². The second kappa shape index (κ2) is 7.62. The molecule has 4 nitrogen and oxygen atoms in total. The highest BCUT2D eigenvalue weighted by Crippen LogP contribution is 2.22. The highest BCUT2D eigenvalue weighted by atomic mass is 19.1. The van der Waals surface area contributed by atoms with Gasteiger partial charge in [-0.25, -0.2) is 4.39 Å². The van der Waals surface area contributed by atoms with Crippen LogP contribution in [0.3, 0.4) is 0 Å². The minimum Gasteiger partial charge on any atom is -0.481 e. The van der Waals surface area contributed by atoms with Gasteiger partial charge in [-0.3, -0.25) is 9.59 Å². The lowest BCUT2D eigenvalue weighted by Gasteiger charge is -2.23. The van der Waals surface area contributed by atoms with Crippen molar-refractivity contribution in [3.05, 3.63) is 35.6 Å². The van der Waals surface area contributed by atoms with E-state index in [0.717, 1.165) is 5.56 Å². The van der Waals surface area contributed by atoms with E-state index in [9.17, 15) is 14.0 Å². The third kappa shape index (κ3) is 5.38. The normalized spacial score (nSPS) is 12.2. The summed E-state index contributed by atoms with van der Waals surface area (Å²) in [6.45, 7) is 3.93. The first-order valence-corrected chi connectivity index (χ1v) is 6.66. The van der Waals surface area contributed by atoms with E-state index in [1.165, 1.54) is 12.1 Å². The summed E-state index contributed by atoms with van der Waals surface area (Å²) in [5, 5.41) is 11.4. The molecule has 1 rings (SSSR count). The van der Waals surface area contributed by atoms with Crippen LogP contribution in [0.5, 0.6) is 0 Å². The van der Waals surface area contributed by atoms with Crippen molar-refractivity contribution in [3.8, 4) is 0 Å². The maximum Gasteiger partial charge on any atom is 0.303 e. The van der Waals surface area contributed by atoms with Crippen molar-refractivity contribution < 1.29 is 19.1 Å². The monoisotopic (exact) mass is 281 g/mol. The minimum absolute atomic E-state index is 0.0175. The van der Waals surface area contributed by atoms with Gasteiger partial charge in [0.2, 0.25) is 5.91 Å². The molecule has 1 aromatic rings. The molecule has 0 radical (unpaired) electrons. The molecule has 0 saturated heterocycles. The van der Waals surface area contributed by atoms with Crippen molar-refractivity contribution in [2.24, 2.45) is 5.92 Å². The summed E-state index contributed by atoms with van der Waals surface area (Å²) in [5.74, 6) is -1.25. The van der Waals surface area contributed by atoms with E-state index < -0.39 is 5.97 Å². The molecule has 1 atom stereocenters. The number of benzene rings is 1. The lowest BCUT2D eigenvalue weighted by atomic mass is 9.95. The third-order valence-electron chi connectivity index (χ3n) is 3.01. The molecule has 1 unspecified atom stereocenters.